The van der Waals surface area contributed by atoms with E-state index in [0.29, 0.717) is 11.4 Å². The van der Waals surface area contributed by atoms with Crippen molar-refractivity contribution in [1.29, 1.82) is 0 Å². The first kappa shape index (κ1) is 26.1. The van der Waals surface area contributed by atoms with E-state index in [1.165, 1.54) is 4.90 Å². The molecular weight excluding hydrogens is 504 g/mol. The highest BCUT2D eigenvalue weighted by Gasteiger charge is 2.52. The summed E-state index contributed by atoms with van der Waals surface area (Å²) in [5, 5.41) is -0.225. The normalized spacial score (nSPS) is 23.9. The van der Waals surface area contributed by atoms with E-state index in [0.717, 1.165) is 47.7 Å². The molecule has 2 fully saturated rings. The fraction of sp³-hybridized carbons (Fsp3) is 0.385. The van der Waals surface area contributed by atoms with Crippen LogP contribution < -0.4 is 5.73 Å². The maximum atomic E-state index is 13.7. The van der Waals surface area contributed by atoms with Crippen LogP contribution in [0.15, 0.2) is 71.3 Å². The number of nitrogens with two attached hydrogens (primary N) is 1. The fourth-order valence-electron chi connectivity index (χ4n) is 4.47. The zero-order chi connectivity index (χ0) is 23.5. The molecule has 9 heteroatoms. The van der Waals surface area contributed by atoms with E-state index in [4.69, 9.17) is 15.2 Å². The minimum absolute atomic E-state index is 0. The largest absolute Gasteiger partial charge is 0.448 e. The van der Waals surface area contributed by atoms with E-state index >= 15 is 0 Å². The summed E-state index contributed by atoms with van der Waals surface area (Å²) in [6.07, 6.45) is 2.87. The van der Waals surface area contributed by atoms with Crippen molar-refractivity contribution in [3.05, 3.63) is 82.4 Å². The van der Waals surface area contributed by atoms with Crippen molar-refractivity contribution >= 4 is 47.8 Å². The van der Waals surface area contributed by atoms with Crippen molar-refractivity contribution in [3.8, 4) is 0 Å². The van der Waals surface area contributed by atoms with Gasteiger partial charge in [-0.15, -0.1) is 35.9 Å². The van der Waals surface area contributed by atoms with E-state index in [1.54, 1.807) is 23.5 Å². The molecule has 0 radical (unpaired) electrons. The first-order valence-corrected chi connectivity index (χ1v) is 13.7. The van der Waals surface area contributed by atoms with Crippen LogP contribution >= 0.6 is 35.9 Å². The fourth-order valence-corrected chi connectivity index (χ4v) is 7.11. The van der Waals surface area contributed by atoms with Crippen LogP contribution in [0.25, 0.3) is 0 Å². The second-order valence-corrected chi connectivity index (χ2v) is 10.8. The number of amides is 1. The molecule has 2 saturated heterocycles. The number of halogens is 1. The highest BCUT2D eigenvalue weighted by atomic mass is 35.5. The van der Waals surface area contributed by atoms with Gasteiger partial charge in [-0.3, -0.25) is 9.69 Å². The number of benzene rings is 2. The van der Waals surface area contributed by atoms with Crippen LogP contribution in [-0.2, 0) is 19.1 Å². The van der Waals surface area contributed by atoms with Gasteiger partial charge in [-0.05, 0) is 30.4 Å². The van der Waals surface area contributed by atoms with Crippen LogP contribution in [0.3, 0.4) is 0 Å². The number of hydrogen-bond acceptors (Lipinski definition) is 7. The molecule has 6 nitrogen and oxygen atoms in total. The SMILES string of the molecule is Cl.NC1C(=O)N2C(C(=O)OC(c3ccccc3)c3ccccc3)=C(SCC3CCCCO3)CSC12. The molecule has 5 rings (SSSR count). The number of esters is 1. The van der Waals surface area contributed by atoms with Gasteiger partial charge in [0.2, 0.25) is 5.91 Å². The third kappa shape index (κ3) is 5.57. The number of hydrogen-bond donors (Lipinski definition) is 1. The number of β-lactam (4-membered cyclic amide) rings is 1. The number of carbonyl (C=O) groups is 2. The molecule has 2 aromatic rings. The van der Waals surface area contributed by atoms with Crippen LogP contribution in [0.5, 0.6) is 0 Å². The molecule has 0 aliphatic carbocycles. The topological polar surface area (TPSA) is 81.9 Å². The molecule has 3 aliphatic rings. The van der Waals surface area contributed by atoms with Crippen molar-refractivity contribution < 1.29 is 19.1 Å². The van der Waals surface area contributed by atoms with E-state index in [1.807, 2.05) is 60.7 Å². The lowest BCUT2D eigenvalue weighted by molar-refractivity contribution is -0.152. The van der Waals surface area contributed by atoms with Crippen LogP contribution in [-0.4, -0.2) is 52.4 Å². The summed E-state index contributed by atoms with van der Waals surface area (Å²) in [5.74, 6) is 0.666. The smallest absolute Gasteiger partial charge is 0.356 e. The van der Waals surface area contributed by atoms with E-state index in [-0.39, 0.29) is 29.8 Å². The number of rotatable bonds is 7. The molecule has 0 aromatic heterocycles. The molecule has 3 unspecified atom stereocenters. The molecule has 3 atom stereocenters. The van der Waals surface area contributed by atoms with Crippen LogP contribution in [0.4, 0.5) is 0 Å². The Kier molecular flexibility index (Phi) is 8.83. The second-order valence-electron chi connectivity index (χ2n) is 8.61. The predicted octanol–water partition coefficient (Wildman–Crippen LogP) is 4.50. The average molecular weight is 533 g/mol. The molecule has 2 aromatic carbocycles. The molecule has 0 bridgehead atoms. The zero-order valence-electron chi connectivity index (χ0n) is 19.2. The molecule has 186 valence electrons. The summed E-state index contributed by atoms with van der Waals surface area (Å²) >= 11 is 3.21. The zero-order valence-corrected chi connectivity index (χ0v) is 21.7. The number of ether oxygens (including phenoxy) is 2. The molecule has 2 N–H and O–H groups in total. The van der Waals surface area contributed by atoms with Gasteiger partial charge in [0.05, 0.1) is 6.10 Å². The maximum absolute atomic E-state index is 13.7. The molecule has 0 saturated carbocycles. The number of thioether (sulfide) groups is 2. The van der Waals surface area contributed by atoms with Gasteiger partial charge in [0.1, 0.15) is 17.1 Å². The molecule has 0 spiro atoms. The highest BCUT2D eigenvalue weighted by Crippen LogP contribution is 2.44. The van der Waals surface area contributed by atoms with Crippen molar-refractivity contribution in [3.63, 3.8) is 0 Å². The molecule has 1 amide bonds. The van der Waals surface area contributed by atoms with E-state index < -0.39 is 18.1 Å². The Morgan fingerprint density at radius 2 is 1.77 bits per heavy atom. The van der Waals surface area contributed by atoms with Gasteiger partial charge in [0, 0.05) is 23.0 Å². The highest BCUT2D eigenvalue weighted by molar-refractivity contribution is 8.06. The average Bonchev–Trinajstić information content (AvgIpc) is 2.91. The maximum Gasteiger partial charge on any atom is 0.356 e. The van der Waals surface area contributed by atoms with Crippen LogP contribution in [0.1, 0.15) is 36.5 Å². The number of nitrogens with zero attached hydrogens (tertiary/aromatic N) is 1. The van der Waals surface area contributed by atoms with Gasteiger partial charge < -0.3 is 15.2 Å². The minimum Gasteiger partial charge on any atom is -0.448 e. The Morgan fingerprint density at radius 1 is 1.11 bits per heavy atom. The first-order chi connectivity index (χ1) is 16.6. The summed E-state index contributed by atoms with van der Waals surface area (Å²) in [5.41, 5.74) is 8.14. The predicted molar refractivity (Wildman–Crippen MR) is 142 cm³/mol. The summed E-state index contributed by atoms with van der Waals surface area (Å²) in [6, 6.07) is 18.8. The van der Waals surface area contributed by atoms with E-state index in [9.17, 15) is 9.59 Å². The number of fused-ring (bicyclic) bond motifs is 1. The minimum atomic E-state index is -0.583. The molecule has 3 heterocycles. The van der Waals surface area contributed by atoms with E-state index in [2.05, 4.69) is 0 Å². The molecule has 35 heavy (non-hydrogen) atoms. The van der Waals surface area contributed by atoms with Gasteiger partial charge in [0.15, 0.2) is 6.10 Å². The van der Waals surface area contributed by atoms with Gasteiger partial charge >= 0.3 is 5.97 Å². The summed E-state index contributed by atoms with van der Waals surface area (Å²) in [6.45, 7) is 0.783. The lowest BCUT2D eigenvalue weighted by Gasteiger charge is -2.48. The standard InChI is InChI=1S/C26H28N2O4S2.ClH/c27-21-24(29)28-22(20(16-34-25(21)28)33-15-19-13-7-8-14-31-19)26(30)32-23(17-9-3-1-4-10-17)18-11-5-2-6-12-18;/h1-6,9-12,19,21,23,25H,7-8,13-16,27H2;1H. The lowest BCUT2D eigenvalue weighted by Crippen LogP contribution is -2.68. The van der Waals surface area contributed by atoms with Gasteiger partial charge in [-0.1, -0.05) is 60.7 Å². The Balaban J connectivity index is 0.00000289. The van der Waals surface area contributed by atoms with Crippen LogP contribution in [0, 0.1) is 0 Å². The van der Waals surface area contributed by atoms with Gasteiger partial charge in [-0.25, -0.2) is 4.79 Å². The summed E-state index contributed by atoms with van der Waals surface area (Å²) < 4.78 is 12.0. The second kappa shape index (κ2) is 11.8. The first-order valence-electron chi connectivity index (χ1n) is 11.6. The van der Waals surface area contributed by atoms with Crippen molar-refractivity contribution in [2.75, 3.05) is 18.1 Å². The van der Waals surface area contributed by atoms with Gasteiger partial charge in [-0.2, -0.15) is 0 Å². The molecular formula is C26H29ClN2O4S2. The number of carbonyl (C=O) groups excluding carboxylic acids is 2. The lowest BCUT2D eigenvalue weighted by atomic mass is 10.0. The van der Waals surface area contributed by atoms with Crippen molar-refractivity contribution in [2.24, 2.45) is 5.73 Å². The van der Waals surface area contributed by atoms with Crippen LogP contribution in [0.2, 0.25) is 0 Å². The van der Waals surface area contributed by atoms with Gasteiger partial charge in [0.25, 0.3) is 0 Å². The third-order valence-electron chi connectivity index (χ3n) is 6.31. The summed E-state index contributed by atoms with van der Waals surface area (Å²) in [4.78, 5) is 28.8. The van der Waals surface area contributed by atoms with Crippen molar-refractivity contribution in [2.45, 2.75) is 42.9 Å². The third-order valence-corrected chi connectivity index (χ3v) is 9.02. The molecule has 3 aliphatic heterocycles. The monoisotopic (exact) mass is 532 g/mol. The van der Waals surface area contributed by atoms with Crippen molar-refractivity contribution in [1.82, 2.24) is 4.90 Å². The Morgan fingerprint density at radius 3 is 2.37 bits per heavy atom. The Labute approximate surface area is 220 Å². The summed E-state index contributed by atoms with van der Waals surface area (Å²) in [7, 11) is 0. The Hall–Kier alpha value is -1.97. The Bertz CT molecular complexity index is 1020. The quantitative estimate of drug-likeness (QED) is 0.415.